The van der Waals surface area contributed by atoms with Crippen LogP contribution >= 0.6 is 0 Å². The van der Waals surface area contributed by atoms with Gasteiger partial charge in [0.1, 0.15) is 0 Å². The third-order valence-electron chi connectivity index (χ3n) is 2.25. The van der Waals surface area contributed by atoms with Gasteiger partial charge in [0, 0.05) is 19.0 Å². The molecule has 2 rings (SSSR count). The Morgan fingerprint density at radius 3 is 3.08 bits per heavy atom. The summed E-state index contributed by atoms with van der Waals surface area (Å²) < 4.78 is 5.09. The topological polar surface area (TPSA) is 53.1 Å². The fourth-order valence-corrected chi connectivity index (χ4v) is 1.58. The highest BCUT2D eigenvalue weighted by atomic mass is 16.5. The van der Waals surface area contributed by atoms with E-state index in [2.05, 4.69) is 5.16 Å². The molecule has 1 aromatic rings. The molecule has 0 atom stereocenters. The van der Waals surface area contributed by atoms with Crippen molar-refractivity contribution in [1.82, 2.24) is 10.1 Å². The van der Waals surface area contributed by atoms with E-state index in [0.29, 0.717) is 12.4 Å². The van der Waals surface area contributed by atoms with E-state index in [9.17, 15) is 0 Å². The predicted octanol–water partition coefficient (Wildman–Crippen LogP) is 1.56. The van der Waals surface area contributed by atoms with Gasteiger partial charge in [-0.2, -0.15) is 0 Å². The Bertz CT molecular complexity index is 318. The second-order valence-electron chi connectivity index (χ2n) is 3.41. The molecular formula is C9H13N3O. The van der Waals surface area contributed by atoms with E-state index < -0.39 is 0 Å². The summed E-state index contributed by atoms with van der Waals surface area (Å²) in [5.41, 5.74) is 0.903. The van der Waals surface area contributed by atoms with Crippen molar-refractivity contribution in [1.29, 1.82) is 5.41 Å². The van der Waals surface area contributed by atoms with Crippen molar-refractivity contribution < 1.29 is 4.52 Å². The molecule has 13 heavy (non-hydrogen) atoms. The second kappa shape index (κ2) is 3.20. The third-order valence-corrected chi connectivity index (χ3v) is 2.25. The maximum absolute atomic E-state index is 7.63. The van der Waals surface area contributed by atoms with Crippen molar-refractivity contribution in [2.24, 2.45) is 0 Å². The van der Waals surface area contributed by atoms with E-state index in [1.165, 1.54) is 0 Å². The Morgan fingerprint density at radius 1 is 1.69 bits per heavy atom. The van der Waals surface area contributed by atoms with Crippen LogP contribution in [0.2, 0.25) is 0 Å². The van der Waals surface area contributed by atoms with Crippen molar-refractivity contribution in [2.75, 3.05) is 6.54 Å². The first kappa shape index (κ1) is 8.29. The van der Waals surface area contributed by atoms with Crippen LogP contribution in [0.15, 0.2) is 10.6 Å². The molecule has 0 spiro atoms. The Hall–Kier alpha value is -1.32. The lowest BCUT2D eigenvalue weighted by atomic mass is 10.3. The smallest absolute Gasteiger partial charge is 0.156 e. The summed E-state index contributed by atoms with van der Waals surface area (Å²) in [4.78, 5) is 2.03. The van der Waals surface area contributed by atoms with E-state index in [4.69, 9.17) is 9.93 Å². The van der Waals surface area contributed by atoms with E-state index >= 15 is 0 Å². The average molecular weight is 179 g/mol. The van der Waals surface area contributed by atoms with Crippen LogP contribution in [0.4, 0.5) is 0 Å². The Kier molecular flexibility index (Phi) is 2.04. The van der Waals surface area contributed by atoms with Crippen molar-refractivity contribution in [3.8, 4) is 0 Å². The van der Waals surface area contributed by atoms with Gasteiger partial charge in [0.2, 0.25) is 0 Å². The predicted molar refractivity (Wildman–Crippen MR) is 48.6 cm³/mol. The highest BCUT2D eigenvalue weighted by Gasteiger charge is 2.18. The van der Waals surface area contributed by atoms with Crippen LogP contribution in [0, 0.1) is 12.3 Å². The number of aromatic nitrogens is 1. The van der Waals surface area contributed by atoms with Gasteiger partial charge in [0.05, 0.1) is 18.1 Å². The molecule has 70 valence electrons. The van der Waals surface area contributed by atoms with Gasteiger partial charge in [-0.05, 0) is 13.3 Å². The monoisotopic (exact) mass is 179 g/mol. The third kappa shape index (κ3) is 1.71. The summed E-state index contributed by atoms with van der Waals surface area (Å²) >= 11 is 0. The van der Waals surface area contributed by atoms with E-state index in [0.717, 1.165) is 30.8 Å². The summed E-state index contributed by atoms with van der Waals surface area (Å²) in [6, 6.07) is 1.92. The number of nitrogens with one attached hydrogen (secondary N) is 1. The highest BCUT2D eigenvalue weighted by molar-refractivity contribution is 5.80. The van der Waals surface area contributed by atoms with Gasteiger partial charge in [-0.1, -0.05) is 5.16 Å². The summed E-state index contributed by atoms with van der Waals surface area (Å²) in [6.45, 7) is 3.57. The normalized spacial score (nSPS) is 17.0. The molecule has 0 saturated carbocycles. The minimum Gasteiger partial charge on any atom is -0.359 e. The van der Waals surface area contributed by atoms with Crippen molar-refractivity contribution in [2.45, 2.75) is 26.3 Å². The molecule has 4 nitrogen and oxygen atoms in total. The number of rotatable bonds is 2. The van der Waals surface area contributed by atoms with Crippen LogP contribution in [0.5, 0.6) is 0 Å². The number of amidine groups is 1. The van der Waals surface area contributed by atoms with E-state index in [1.807, 2.05) is 17.9 Å². The Morgan fingerprint density at radius 2 is 2.54 bits per heavy atom. The lowest BCUT2D eigenvalue weighted by Gasteiger charge is -2.14. The first-order valence-electron chi connectivity index (χ1n) is 4.50. The number of nitrogens with zero attached hydrogens (tertiary/aromatic N) is 2. The lowest BCUT2D eigenvalue weighted by Crippen LogP contribution is -2.22. The van der Waals surface area contributed by atoms with Gasteiger partial charge in [0.25, 0.3) is 0 Å². The fourth-order valence-electron chi connectivity index (χ4n) is 1.58. The van der Waals surface area contributed by atoms with E-state index in [1.54, 1.807) is 0 Å². The van der Waals surface area contributed by atoms with Crippen LogP contribution in [-0.4, -0.2) is 22.4 Å². The number of aryl methyl sites for hydroxylation is 1. The molecule has 1 aliphatic heterocycles. The summed E-state index contributed by atoms with van der Waals surface area (Å²) in [6.07, 6.45) is 1.99. The quantitative estimate of drug-likeness (QED) is 0.749. The average Bonchev–Trinajstić information content (AvgIpc) is 2.64. The zero-order valence-corrected chi connectivity index (χ0v) is 7.71. The first-order valence-corrected chi connectivity index (χ1v) is 4.50. The molecule has 0 unspecified atom stereocenters. The Labute approximate surface area is 77.0 Å². The summed E-state index contributed by atoms with van der Waals surface area (Å²) in [5, 5.41) is 11.4. The molecule has 0 bridgehead atoms. The zero-order valence-electron chi connectivity index (χ0n) is 7.71. The molecule has 1 saturated heterocycles. The number of hydrogen-bond donors (Lipinski definition) is 1. The second-order valence-corrected chi connectivity index (χ2v) is 3.41. The maximum Gasteiger partial charge on any atom is 0.156 e. The first-order chi connectivity index (χ1) is 6.25. The molecular weight excluding hydrogens is 166 g/mol. The summed E-state index contributed by atoms with van der Waals surface area (Å²) in [5.74, 6) is 1.57. The zero-order chi connectivity index (χ0) is 9.26. The van der Waals surface area contributed by atoms with Crippen molar-refractivity contribution in [3.05, 3.63) is 17.5 Å². The van der Waals surface area contributed by atoms with Gasteiger partial charge < -0.3 is 9.42 Å². The summed E-state index contributed by atoms with van der Waals surface area (Å²) in [7, 11) is 0. The number of likely N-dealkylation sites (tertiary alicyclic amines) is 1. The fraction of sp³-hybridized carbons (Fsp3) is 0.556. The van der Waals surface area contributed by atoms with Gasteiger partial charge in [-0.15, -0.1) is 0 Å². The lowest BCUT2D eigenvalue weighted by molar-refractivity contribution is 0.327. The molecule has 1 aromatic heterocycles. The molecule has 0 aliphatic carbocycles. The molecule has 1 N–H and O–H groups in total. The standard InChI is InChI=1S/C9H13N3O/c1-7-5-8(13-11-7)6-12-4-2-3-9(12)10/h5,10H,2-4,6H2,1H3. The molecule has 4 heteroatoms. The largest absolute Gasteiger partial charge is 0.359 e. The van der Waals surface area contributed by atoms with Gasteiger partial charge >= 0.3 is 0 Å². The molecule has 0 amide bonds. The molecule has 1 fully saturated rings. The minimum absolute atomic E-state index is 0.694. The van der Waals surface area contributed by atoms with Crippen molar-refractivity contribution in [3.63, 3.8) is 0 Å². The minimum atomic E-state index is 0.694. The molecule has 0 radical (unpaired) electrons. The van der Waals surface area contributed by atoms with Crippen LogP contribution in [0.25, 0.3) is 0 Å². The molecule has 0 aromatic carbocycles. The van der Waals surface area contributed by atoms with Crippen LogP contribution in [0.1, 0.15) is 24.3 Å². The molecule has 2 heterocycles. The SMILES string of the molecule is Cc1cc(CN2CCCC2=N)on1. The number of hydrogen-bond acceptors (Lipinski definition) is 3. The van der Waals surface area contributed by atoms with Crippen LogP contribution in [0.3, 0.4) is 0 Å². The van der Waals surface area contributed by atoms with Gasteiger partial charge in [-0.25, -0.2) is 0 Å². The van der Waals surface area contributed by atoms with Crippen LogP contribution in [-0.2, 0) is 6.54 Å². The van der Waals surface area contributed by atoms with Crippen molar-refractivity contribution >= 4 is 5.84 Å². The van der Waals surface area contributed by atoms with Crippen LogP contribution < -0.4 is 0 Å². The van der Waals surface area contributed by atoms with Gasteiger partial charge in [-0.3, -0.25) is 5.41 Å². The molecule has 1 aliphatic rings. The van der Waals surface area contributed by atoms with Gasteiger partial charge in [0.15, 0.2) is 5.76 Å². The maximum atomic E-state index is 7.63. The van der Waals surface area contributed by atoms with E-state index in [-0.39, 0.29) is 0 Å². The highest BCUT2D eigenvalue weighted by Crippen LogP contribution is 2.14. The Balaban J connectivity index is 2.01.